The van der Waals surface area contributed by atoms with Crippen LogP contribution in [0.5, 0.6) is 0 Å². The number of hydrogen-bond acceptors (Lipinski definition) is 2. The van der Waals surface area contributed by atoms with E-state index in [2.05, 4.69) is 10.6 Å². The van der Waals surface area contributed by atoms with Gasteiger partial charge in [0.15, 0.2) is 0 Å². The molecule has 1 saturated heterocycles. The van der Waals surface area contributed by atoms with Gasteiger partial charge in [-0.1, -0.05) is 18.6 Å². The van der Waals surface area contributed by atoms with Crippen molar-refractivity contribution in [3.63, 3.8) is 0 Å². The van der Waals surface area contributed by atoms with Gasteiger partial charge in [-0.2, -0.15) is 0 Å². The van der Waals surface area contributed by atoms with Gasteiger partial charge < -0.3 is 10.6 Å². The minimum Gasteiger partial charge on any atom is -0.352 e. The van der Waals surface area contributed by atoms with Gasteiger partial charge in [-0.15, -0.1) is 0 Å². The van der Waals surface area contributed by atoms with E-state index in [1.807, 2.05) is 0 Å². The minimum absolute atomic E-state index is 0.0840. The van der Waals surface area contributed by atoms with E-state index in [-0.39, 0.29) is 11.7 Å². The van der Waals surface area contributed by atoms with E-state index in [9.17, 15) is 9.18 Å². The highest BCUT2D eigenvalue weighted by Gasteiger charge is 1.94. The highest BCUT2D eigenvalue weighted by atomic mass is 19.1. The normalized spacial score (nSPS) is 14.3. The fourth-order valence-electron chi connectivity index (χ4n) is 1.63. The third-order valence-corrected chi connectivity index (χ3v) is 2.66. The fourth-order valence-corrected chi connectivity index (χ4v) is 1.63. The van der Waals surface area contributed by atoms with Crippen molar-refractivity contribution in [3.8, 4) is 0 Å². The predicted octanol–water partition coefficient (Wildman–Crippen LogP) is 2.22. The first kappa shape index (κ1) is 14.6. The molecule has 1 fully saturated rings. The van der Waals surface area contributed by atoms with Crippen LogP contribution in [0, 0.1) is 5.82 Å². The van der Waals surface area contributed by atoms with Crippen molar-refractivity contribution in [1.29, 1.82) is 0 Å². The lowest BCUT2D eigenvalue weighted by Gasteiger charge is -2.08. The zero-order chi connectivity index (χ0) is 13.2. The first-order chi connectivity index (χ1) is 8.68. The topological polar surface area (TPSA) is 41.1 Å². The molecule has 0 radical (unpaired) electrons. The Hall–Kier alpha value is -1.42. The van der Waals surface area contributed by atoms with Gasteiger partial charge in [0.2, 0.25) is 5.91 Å². The quantitative estimate of drug-likeness (QED) is 0.847. The van der Waals surface area contributed by atoms with Gasteiger partial charge in [-0.3, -0.25) is 4.79 Å². The summed E-state index contributed by atoms with van der Waals surface area (Å²) in [7, 11) is 0. The van der Waals surface area contributed by atoms with Crippen LogP contribution in [0.2, 0.25) is 0 Å². The molecule has 2 N–H and O–H groups in total. The van der Waals surface area contributed by atoms with Gasteiger partial charge in [0, 0.05) is 13.5 Å². The van der Waals surface area contributed by atoms with Crippen molar-refractivity contribution in [2.75, 3.05) is 13.1 Å². The first-order valence-electron chi connectivity index (χ1n) is 6.38. The van der Waals surface area contributed by atoms with Crippen molar-refractivity contribution in [2.45, 2.75) is 32.7 Å². The van der Waals surface area contributed by atoms with Crippen molar-refractivity contribution in [3.05, 3.63) is 35.6 Å². The van der Waals surface area contributed by atoms with E-state index in [1.165, 1.54) is 51.4 Å². The second-order valence-electron chi connectivity index (χ2n) is 4.35. The molecule has 0 spiro atoms. The maximum absolute atomic E-state index is 12.4. The Morgan fingerprint density at radius 3 is 2.22 bits per heavy atom. The van der Waals surface area contributed by atoms with Crippen LogP contribution in [-0.2, 0) is 11.3 Å². The zero-order valence-electron chi connectivity index (χ0n) is 10.8. The average molecular weight is 252 g/mol. The summed E-state index contributed by atoms with van der Waals surface area (Å²) in [4.78, 5) is 10.5. The number of piperidine rings is 1. The van der Waals surface area contributed by atoms with Crippen LogP contribution in [-0.4, -0.2) is 19.0 Å². The monoisotopic (exact) mass is 252 g/mol. The van der Waals surface area contributed by atoms with Crippen LogP contribution in [0.1, 0.15) is 31.7 Å². The number of nitrogens with one attached hydrogen (secondary N) is 2. The second kappa shape index (κ2) is 8.64. The molecule has 0 atom stereocenters. The Balaban J connectivity index is 0.000000225. The van der Waals surface area contributed by atoms with Crippen LogP contribution in [0.4, 0.5) is 4.39 Å². The standard InChI is InChI=1S/C9H10FNO.C5H11N/c1-7(12)11-6-8-2-4-9(10)5-3-8;1-2-4-6-5-3-1/h2-5H,6H2,1H3,(H,11,12);6H,1-5H2. The van der Waals surface area contributed by atoms with E-state index in [4.69, 9.17) is 0 Å². The molecule has 1 aromatic carbocycles. The third kappa shape index (κ3) is 7.01. The molecule has 1 heterocycles. The summed E-state index contributed by atoms with van der Waals surface area (Å²) in [6.07, 6.45) is 4.22. The van der Waals surface area contributed by atoms with Gasteiger partial charge in [0.1, 0.15) is 5.82 Å². The van der Waals surface area contributed by atoms with Crippen molar-refractivity contribution in [2.24, 2.45) is 0 Å². The van der Waals surface area contributed by atoms with E-state index >= 15 is 0 Å². The molecule has 0 aliphatic carbocycles. The summed E-state index contributed by atoms with van der Waals surface area (Å²) in [6.45, 7) is 4.40. The van der Waals surface area contributed by atoms with Crippen LogP contribution < -0.4 is 10.6 Å². The molecule has 1 aliphatic heterocycles. The minimum atomic E-state index is -0.262. The lowest BCUT2D eigenvalue weighted by atomic mass is 10.2. The molecular weight excluding hydrogens is 231 g/mol. The molecular formula is C14H21FN2O. The van der Waals surface area contributed by atoms with E-state index in [1.54, 1.807) is 12.1 Å². The Bertz CT molecular complexity index is 336. The highest BCUT2D eigenvalue weighted by Crippen LogP contribution is 2.01. The molecule has 1 aromatic rings. The Kier molecular flexibility index (Phi) is 7.03. The summed E-state index contributed by atoms with van der Waals surface area (Å²) in [6, 6.07) is 6.03. The molecule has 0 saturated carbocycles. The maximum Gasteiger partial charge on any atom is 0.217 e. The largest absolute Gasteiger partial charge is 0.352 e. The summed E-state index contributed by atoms with van der Waals surface area (Å²) in [5.74, 6) is -0.346. The lowest BCUT2D eigenvalue weighted by Crippen LogP contribution is -2.21. The molecule has 0 unspecified atom stereocenters. The number of amides is 1. The number of carbonyl (C=O) groups excluding carboxylic acids is 1. The molecule has 1 aliphatic rings. The molecule has 3 nitrogen and oxygen atoms in total. The van der Waals surface area contributed by atoms with Crippen LogP contribution in [0.3, 0.4) is 0 Å². The van der Waals surface area contributed by atoms with Crippen LogP contribution in [0.25, 0.3) is 0 Å². The second-order valence-corrected chi connectivity index (χ2v) is 4.35. The molecule has 0 bridgehead atoms. The van der Waals surface area contributed by atoms with Gasteiger partial charge >= 0.3 is 0 Å². The number of halogens is 1. The smallest absolute Gasteiger partial charge is 0.217 e. The van der Waals surface area contributed by atoms with Crippen molar-refractivity contribution < 1.29 is 9.18 Å². The lowest BCUT2D eigenvalue weighted by molar-refractivity contribution is -0.119. The fraction of sp³-hybridized carbons (Fsp3) is 0.500. The molecule has 0 aromatic heterocycles. The van der Waals surface area contributed by atoms with E-state index in [0.29, 0.717) is 6.54 Å². The van der Waals surface area contributed by atoms with Crippen molar-refractivity contribution >= 4 is 5.91 Å². The number of hydrogen-bond donors (Lipinski definition) is 2. The van der Waals surface area contributed by atoms with E-state index < -0.39 is 0 Å². The molecule has 1 amide bonds. The van der Waals surface area contributed by atoms with Crippen LogP contribution in [0.15, 0.2) is 24.3 Å². The Morgan fingerprint density at radius 1 is 1.22 bits per heavy atom. The summed E-state index contributed by atoms with van der Waals surface area (Å²) in [5.41, 5.74) is 0.895. The first-order valence-corrected chi connectivity index (χ1v) is 6.38. The molecule has 18 heavy (non-hydrogen) atoms. The average Bonchev–Trinajstić information content (AvgIpc) is 2.41. The van der Waals surface area contributed by atoms with Gasteiger partial charge in [-0.05, 0) is 43.6 Å². The summed E-state index contributed by atoms with van der Waals surface area (Å²) >= 11 is 0. The molecule has 2 rings (SSSR count). The maximum atomic E-state index is 12.4. The summed E-state index contributed by atoms with van der Waals surface area (Å²) < 4.78 is 12.4. The van der Waals surface area contributed by atoms with Gasteiger partial charge in [0.25, 0.3) is 0 Å². The number of carbonyl (C=O) groups is 1. The number of rotatable bonds is 2. The Morgan fingerprint density at radius 2 is 1.83 bits per heavy atom. The van der Waals surface area contributed by atoms with Crippen molar-refractivity contribution in [1.82, 2.24) is 10.6 Å². The predicted molar refractivity (Wildman–Crippen MR) is 70.6 cm³/mol. The van der Waals surface area contributed by atoms with Gasteiger partial charge in [0.05, 0.1) is 0 Å². The third-order valence-electron chi connectivity index (χ3n) is 2.66. The molecule has 100 valence electrons. The van der Waals surface area contributed by atoms with Gasteiger partial charge in [-0.25, -0.2) is 4.39 Å². The SMILES string of the molecule is C1CCNCC1.CC(=O)NCc1ccc(F)cc1. The highest BCUT2D eigenvalue weighted by molar-refractivity contribution is 5.72. The zero-order valence-corrected chi connectivity index (χ0v) is 10.8. The Labute approximate surface area is 108 Å². The molecule has 4 heteroatoms. The number of benzene rings is 1. The summed E-state index contributed by atoms with van der Waals surface area (Å²) in [5, 5.41) is 5.90. The van der Waals surface area contributed by atoms with Crippen LogP contribution >= 0.6 is 0 Å². The van der Waals surface area contributed by atoms with E-state index in [0.717, 1.165) is 5.56 Å².